The third-order valence-electron chi connectivity index (χ3n) is 2.45. The number of carbonyl (C=O) groups excluding carboxylic acids is 1. The van der Waals surface area contributed by atoms with Crippen molar-refractivity contribution in [2.45, 2.75) is 18.7 Å². The average Bonchev–Trinajstić information content (AvgIpc) is 2.27. The fourth-order valence-electron chi connectivity index (χ4n) is 1.44. The van der Waals surface area contributed by atoms with Crippen LogP contribution in [-0.4, -0.2) is 27.2 Å². The number of aryl methyl sites for hydroxylation is 1. The van der Waals surface area contributed by atoms with Crippen molar-refractivity contribution < 1.29 is 17.9 Å². The highest BCUT2D eigenvalue weighted by atomic mass is 32.2. The first-order valence-corrected chi connectivity index (χ1v) is 6.89. The molecule has 17 heavy (non-hydrogen) atoms. The number of ether oxygens (including phenoxy) is 1. The molecule has 0 aliphatic carbocycles. The summed E-state index contributed by atoms with van der Waals surface area (Å²) in [6, 6.07) is 6.56. The highest BCUT2D eigenvalue weighted by Crippen LogP contribution is 2.15. The minimum Gasteiger partial charge on any atom is -0.469 e. The lowest BCUT2D eigenvalue weighted by Crippen LogP contribution is -2.22. The number of benzene rings is 1. The molecule has 0 amide bonds. The molecule has 0 aliphatic rings. The van der Waals surface area contributed by atoms with E-state index in [-0.39, 0.29) is 10.6 Å². The first-order chi connectivity index (χ1) is 7.86. The molecule has 0 N–H and O–H groups in total. The van der Waals surface area contributed by atoms with Crippen molar-refractivity contribution in [2.75, 3.05) is 12.9 Å². The van der Waals surface area contributed by atoms with Crippen LogP contribution in [0.1, 0.15) is 12.5 Å². The second kappa shape index (κ2) is 5.31. The van der Waals surface area contributed by atoms with E-state index in [0.717, 1.165) is 5.56 Å². The van der Waals surface area contributed by atoms with Gasteiger partial charge in [0.1, 0.15) is 0 Å². The van der Waals surface area contributed by atoms with Crippen LogP contribution >= 0.6 is 0 Å². The number of hydrogen-bond acceptors (Lipinski definition) is 4. The van der Waals surface area contributed by atoms with Crippen LogP contribution in [0.2, 0.25) is 0 Å². The van der Waals surface area contributed by atoms with Crippen LogP contribution in [0, 0.1) is 12.8 Å². The highest BCUT2D eigenvalue weighted by molar-refractivity contribution is 7.91. The van der Waals surface area contributed by atoms with E-state index in [1.165, 1.54) is 14.0 Å². The topological polar surface area (TPSA) is 60.4 Å². The summed E-state index contributed by atoms with van der Waals surface area (Å²) in [4.78, 5) is 11.4. The van der Waals surface area contributed by atoms with Gasteiger partial charge in [0, 0.05) is 0 Å². The zero-order valence-corrected chi connectivity index (χ0v) is 11.0. The normalized spacial score (nSPS) is 13.1. The Hall–Kier alpha value is -1.36. The second-order valence-electron chi connectivity index (χ2n) is 4.02. The minimum absolute atomic E-state index is 0.233. The van der Waals surface area contributed by atoms with Gasteiger partial charge in [0.25, 0.3) is 0 Å². The second-order valence-corrected chi connectivity index (χ2v) is 6.05. The molecular weight excluding hydrogens is 240 g/mol. The van der Waals surface area contributed by atoms with Crippen LogP contribution in [0.15, 0.2) is 29.2 Å². The van der Waals surface area contributed by atoms with Crippen molar-refractivity contribution in [1.29, 1.82) is 0 Å². The summed E-state index contributed by atoms with van der Waals surface area (Å²) < 4.78 is 28.4. The predicted molar refractivity (Wildman–Crippen MR) is 64.4 cm³/mol. The Balaban J connectivity index is 2.89. The fourth-order valence-corrected chi connectivity index (χ4v) is 2.98. The van der Waals surface area contributed by atoms with Crippen LogP contribution in [-0.2, 0) is 19.4 Å². The quantitative estimate of drug-likeness (QED) is 0.767. The van der Waals surface area contributed by atoms with Gasteiger partial charge in [-0.2, -0.15) is 0 Å². The van der Waals surface area contributed by atoms with Gasteiger partial charge in [0.15, 0.2) is 9.84 Å². The summed E-state index contributed by atoms with van der Waals surface area (Å²) in [7, 11) is -2.18. The maximum Gasteiger partial charge on any atom is 0.309 e. The standard InChI is InChI=1S/C12H16O4S/c1-9-4-6-11(7-5-9)17(14,15)8-10(2)12(13)16-3/h4-7,10H,8H2,1-3H3. The third-order valence-corrected chi connectivity index (χ3v) is 4.38. The molecular formula is C12H16O4S. The summed E-state index contributed by atoms with van der Waals surface area (Å²) in [5, 5.41) is 0. The van der Waals surface area contributed by atoms with E-state index in [1.807, 2.05) is 6.92 Å². The van der Waals surface area contributed by atoms with Crippen LogP contribution in [0.4, 0.5) is 0 Å². The molecule has 0 spiro atoms. The molecule has 1 aromatic rings. The Labute approximate surface area is 102 Å². The molecule has 94 valence electrons. The molecule has 1 unspecified atom stereocenters. The molecule has 1 rings (SSSR count). The third kappa shape index (κ3) is 3.56. The molecule has 5 heteroatoms. The van der Waals surface area contributed by atoms with Gasteiger partial charge in [-0.05, 0) is 19.1 Å². The van der Waals surface area contributed by atoms with Gasteiger partial charge in [-0.15, -0.1) is 0 Å². The molecule has 0 aliphatic heterocycles. The number of methoxy groups -OCH3 is 1. The van der Waals surface area contributed by atoms with Gasteiger partial charge in [-0.1, -0.05) is 24.6 Å². The highest BCUT2D eigenvalue weighted by Gasteiger charge is 2.23. The average molecular weight is 256 g/mol. The fraction of sp³-hybridized carbons (Fsp3) is 0.417. The van der Waals surface area contributed by atoms with E-state index in [4.69, 9.17) is 0 Å². The van der Waals surface area contributed by atoms with E-state index < -0.39 is 21.7 Å². The van der Waals surface area contributed by atoms with Gasteiger partial charge in [0.2, 0.25) is 0 Å². The smallest absolute Gasteiger partial charge is 0.309 e. The SMILES string of the molecule is COC(=O)C(C)CS(=O)(=O)c1ccc(C)cc1. The lowest BCUT2D eigenvalue weighted by molar-refractivity contribution is -0.144. The van der Waals surface area contributed by atoms with Crippen LogP contribution in [0.25, 0.3) is 0 Å². The van der Waals surface area contributed by atoms with E-state index in [9.17, 15) is 13.2 Å². The van der Waals surface area contributed by atoms with Crippen LogP contribution < -0.4 is 0 Å². The predicted octanol–water partition coefficient (Wildman–Crippen LogP) is 1.58. The monoisotopic (exact) mass is 256 g/mol. The van der Waals surface area contributed by atoms with E-state index in [2.05, 4.69) is 4.74 Å². The summed E-state index contributed by atoms with van der Waals surface area (Å²) in [6.07, 6.45) is 0. The van der Waals surface area contributed by atoms with Crippen LogP contribution in [0.5, 0.6) is 0 Å². The number of rotatable bonds is 4. The first kappa shape index (κ1) is 13.7. The van der Waals surface area contributed by atoms with Gasteiger partial charge in [0.05, 0.1) is 23.7 Å². The Morgan fingerprint density at radius 3 is 2.29 bits per heavy atom. The van der Waals surface area contributed by atoms with Gasteiger partial charge >= 0.3 is 5.97 Å². The van der Waals surface area contributed by atoms with Gasteiger partial charge in [-0.3, -0.25) is 4.79 Å². The van der Waals surface area contributed by atoms with Crippen molar-refractivity contribution >= 4 is 15.8 Å². The zero-order valence-electron chi connectivity index (χ0n) is 10.1. The molecule has 0 aromatic heterocycles. The lowest BCUT2D eigenvalue weighted by Gasteiger charge is -2.10. The molecule has 4 nitrogen and oxygen atoms in total. The maximum absolute atomic E-state index is 12.0. The molecule has 1 aromatic carbocycles. The van der Waals surface area contributed by atoms with Crippen LogP contribution in [0.3, 0.4) is 0 Å². The number of hydrogen-bond donors (Lipinski definition) is 0. The maximum atomic E-state index is 12.0. The van der Waals surface area contributed by atoms with E-state index in [0.29, 0.717) is 0 Å². The Morgan fingerprint density at radius 1 is 1.29 bits per heavy atom. The Bertz CT molecular complexity index is 488. The minimum atomic E-state index is -3.43. The van der Waals surface area contributed by atoms with Crippen molar-refractivity contribution in [3.8, 4) is 0 Å². The first-order valence-electron chi connectivity index (χ1n) is 5.24. The molecule has 0 fully saturated rings. The zero-order chi connectivity index (χ0) is 13.1. The molecule has 0 heterocycles. The molecule has 0 radical (unpaired) electrons. The largest absolute Gasteiger partial charge is 0.469 e. The summed E-state index contributed by atoms with van der Waals surface area (Å²) in [6.45, 7) is 3.42. The number of esters is 1. The Morgan fingerprint density at radius 2 is 1.82 bits per heavy atom. The number of carbonyl (C=O) groups is 1. The molecule has 0 saturated carbocycles. The van der Waals surface area contributed by atoms with Crippen molar-refractivity contribution in [3.63, 3.8) is 0 Å². The lowest BCUT2D eigenvalue weighted by atomic mass is 10.2. The van der Waals surface area contributed by atoms with E-state index in [1.54, 1.807) is 24.3 Å². The van der Waals surface area contributed by atoms with Crippen molar-refractivity contribution in [3.05, 3.63) is 29.8 Å². The molecule has 0 bridgehead atoms. The summed E-state index contributed by atoms with van der Waals surface area (Å²) >= 11 is 0. The Kier molecular flexibility index (Phi) is 4.28. The van der Waals surface area contributed by atoms with Gasteiger partial charge in [-0.25, -0.2) is 8.42 Å². The summed E-state index contributed by atoms with van der Waals surface area (Å²) in [5.41, 5.74) is 0.991. The molecule has 1 atom stereocenters. The van der Waals surface area contributed by atoms with E-state index >= 15 is 0 Å². The van der Waals surface area contributed by atoms with Gasteiger partial charge < -0.3 is 4.74 Å². The number of sulfone groups is 1. The van der Waals surface area contributed by atoms with Crippen molar-refractivity contribution in [1.82, 2.24) is 0 Å². The summed E-state index contributed by atoms with van der Waals surface area (Å²) in [5.74, 6) is -1.41. The van der Waals surface area contributed by atoms with Crippen molar-refractivity contribution in [2.24, 2.45) is 5.92 Å². The molecule has 0 saturated heterocycles.